The van der Waals surface area contributed by atoms with Crippen LogP contribution in [0.15, 0.2) is 0 Å². The van der Waals surface area contributed by atoms with Crippen molar-refractivity contribution < 1.29 is 13.5 Å². The topological polar surface area (TPSA) is 66.4 Å². The highest BCUT2D eigenvalue weighted by atomic mass is 32.2. The lowest BCUT2D eigenvalue weighted by Crippen LogP contribution is -2.47. The summed E-state index contributed by atoms with van der Waals surface area (Å²) in [7, 11) is -2.90. The first-order chi connectivity index (χ1) is 6.39. The molecule has 2 N–H and O–H groups in total. The number of aliphatic hydroxyl groups excluding tert-OH is 1. The molecule has 0 spiro atoms. The molecule has 0 radical (unpaired) electrons. The van der Waals surface area contributed by atoms with Crippen LogP contribution in [-0.4, -0.2) is 43.7 Å². The highest BCUT2D eigenvalue weighted by Crippen LogP contribution is 2.06. The quantitative estimate of drug-likeness (QED) is 0.646. The summed E-state index contributed by atoms with van der Waals surface area (Å²) >= 11 is 0. The molecule has 0 aromatic heterocycles. The lowest BCUT2D eigenvalue weighted by Gasteiger charge is -2.27. The van der Waals surface area contributed by atoms with Crippen LogP contribution in [-0.2, 0) is 9.84 Å². The molecular weight excluding hydrogens is 202 g/mol. The standard InChI is InChI=1S/C9H21NO3S/c1-4-9(3,8-11)10-6-7-14(12,13)5-2/h10-11H,4-8H2,1-3H3. The van der Waals surface area contributed by atoms with Gasteiger partial charge in [-0.05, 0) is 13.3 Å². The van der Waals surface area contributed by atoms with Gasteiger partial charge in [-0.2, -0.15) is 0 Å². The van der Waals surface area contributed by atoms with Crippen LogP contribution >= 0.6 is 0 Å². The zero-order chi connectivity index (χ0) is 11.2. The van der Waals surface area contributed by atoms with Gasteiger partial charge in [0.1, 0.15) is 0 Å². The van der Waals surface area contributed by atoms with Crippen molar-refractivity contribution in [3.63, 3.8) is 0 Å². The maximum absolute atomic E-state index is 11.2. The Kier molecular flexibility index (Phi) is 5.63. The maximum Gasteiger partial charge on any atom is 0.151 e. The summed E-state index contributed by atoms with van der Waals surface area (Å²) in [6, 6.07) is 0. The zero-order valence-electron chi connectivity index (χ0n) is 9.21. The Labute approximate surface area is 86.6 Å². The number of sulfone groups is 1. The molecule has 0 amide bonds. The Morgan fingerprint density at radius 1 is 1.36 bits per heavy atom. The van der Waals surface area contributed by atoms with Gasteiger partial charge in [0, 0.05) is 17.8 Å². The zero-order valence-corrected chi connectivity index (χ0v) is 10.0. The number of aliphatic hydroxyl groups is 1. The minimum absolute atomic E-state index is 0.0235. The first-order valence-electron chi connectivity index (χ1n) is 4.95. The SMILES string of the molecule is CCC(C)(CO)NCCS(=O)(=O)CC. The number of hydrogen-bond donors (Lipinski definition) is 2. The first-order valence-corrected chi connectivity index (χ1v) is 6.77. The summed E-state index contributed by atoms with van der Waals surface area (Å²) in [4.78, 5) is 0. The van der Waals surface area contributed by atoms with Crippen LogP contribution in [0.5, 0.6) is 0 Å². The summed E-state index contributed by atoms with van der Waals surface area (Å²) < 4.78 is 22.3. The average Bonchev–Trinajstić information content (AvgIpc) is 2.17. The van der Waals surface area contributed by atoms with Gasteiger partial charge >= 0.3 is 0 Å². The second-order valence-electron chi connectivity index (χ2n) is 3.74. The van der Waals surface area contributed by atoms with Gasteiger partial charge < -0.3 is 10.4 Å². The Balaban J connectivity index is 3.96. The molecule has 1 unspecified atom stereocenters. The molecular formula is C9H21NO3S. The van der Waals surface area contributed by atoms with Crippen molar-refractivity contribution in [1.29, 1.82) is 0 Å². The van der Waals surface area contributed by atoms with Gasteiger partial charge in [-0.25, -0.2) is 8.42 Å². The number of hydrogen-bond acceptors (Lipinski definition) is 4. The van der Waals surface area contributed by atoms with E-state index in [9.17, 15) is 8.42 Å². The second kappa shape index (κ2) is 5.68. The fraction of sp³-hybridized carbons (Fsp3) is 1.00. The monoisotopic (exact) mass is 223 g/mol. The molecule has 0 bridgehead atoms. The van der Waals surface area contributed by atoms with E-state index in [1.54, 1.807) is 6.92 Å². The van der Waals surface area contributed by atoms with E-state index in [1.807, 2.05) is 13.8 Å². The van der Waals surface area contributed by atoms with Gasteiger partial charge in [0.2, 0.25) is 0 Å². The van der Waals surface area contributed by atoms with Gasteiger partial charge in [-0.1, -0.05) is 13.8 Å². The van der Waals surface area contributed by atoms with E-state index < -0.39 is 9.84 Å². The summed E-state index contributed by atoms with van der Waals surface area (Å²) in [5, 5.41) is 12.1. The number of nitrogens with one attached hydrogen (secondary N) is 1. The smallest absolute Gasteiger partial charge is 0.151 e. The summed E-state index contributed by atoms with van der Waals surface area (Å²) in [6.45, 7) is 5.90. The molecule has 86 valence electrons. The van der Waals surface area contributed by atoms with Crippen LogP contribution in [0, 0.1) is 0 Å². The average molecular weight is 223 g/mol. The molecule has 0 saturated carbocycles. The molecule has 0 saturated heterocycles. The minimum atomic E-state index is -2.90. The van der Waals surface area contributed by atoms with Crippen molar-refractivity contribution in [2.45, 2.75) is 32.7 Å². The van der Waals surface area contributed by atoms with Crippen molar-refractivity contribution in [2.75, 3.05) is 24.7 Å². The summed E-state index contributed by atoms with van der Waals surface area (Å²) in [5.41, 5.74) is -0.358. The van der Waals surface area contributed by atoms with E-state index in [1.165, 1.54) is 0 Å². The summed E-state index contributed by atoms with van der Waals surface area (Å²) in [6.07, 6.45) is 0.773. The van der Waals surface area contributed by atoms with Gasteiger partial charge in [0.15, 0.2) is 9.84 Å². The Morgan fingerprint density at radius 2 is 1.93 bits per heavy atom. The van der Waals surface area contributed by atoms with Crippen molar-refractivity contribution in [3.05, 3.63) is 0 Å². The van der Waals surface area contributed by atoms with E-state index >= 15 is 0 Å². The molecule has 0 aromatic carbocycles. The molecule has 14 heavy (non-hydrogen) atoms. The van der Waals surface area contributed by atoms with Gasteiger partial charge in [-0.15, -0.1) is 0 Å². The van der Waals surface area contributed by atoms with Gasteiger partial charge in [0.25, 0.3) is 0 Å². The van der Waals surface area contributed by atoms with Crippen LogP contribution in [0.3, 0.4) is 0 Å². The van der Waals surface area contributed by atoms with Crippen LogP contribution in [0.25, 0.3) is 0 Å². The minimum Gasteiger partial charge on any atom is -0.394 e. The van der Waals surface area contributed by atoms with E-state index in [2.05, 4.69) is 5.32 Å². The van der Waals surface area contributed by atoms with E-state index in [0.717, 1.165) is 6.42 Å². The lowest BCUT2D eigenvalue weighted by atomic mass is 10.0. The molecule has 0 heterocycles. The van der Waals surface area contributed by atoms with E-state index in [0.29, 0.717) is 6.54 Å². The molecule has 0 aliphatic carbocycles. The third-order valence-corrected chi connectivity index (χ3v) is 4.24. The first kappa shape index (κ1) is 13.9. The normalized spacial score (nSPS) is 16.6. The Hall–Kier alpha value is -0.130. The Morgan fingerprint density at radius 3 is 2.29 bits per heavy atom. The molecule has 0 aliphatic rings. The van der Waals surface area contributed by atoms with Crippen LogP contribution in [0.1, 0.15) is 27.2 Å². The van der Waals surface area contributed by atoms with Crippen molar-refractivity contribution >= 4 is 9.84 Å². The molecule has 4 nitrogen and oxygen atoms in total. The number of rotatable bonds is 7. The highest BCUT2D eigenvalue weighted by Gasteiger charge is 2.20. The van der Waals surface area contributed by atoms with E-state index in [-0.39, 0.29) is 23.7 Å². The third kappa shape index (κ3) is 4.93. The van der Waals surface area contributed by atoms with Gasteiger partial charge in [0.05, 0.1) is 12.4 Å². The van der Waals surface area contributed by atoms with E-state index in [4.69, 9.17) is 5.11 Å². The Bertz CT molecular complexity index is 245. The highest BCUT2D eigenvalue weighted by molar-refractivity contribution is 7.91. The molecule has 0 fully saturated rings. The predicted octanol–water partition coefficient (Wildman–Crippen LogP) is 0.172. The van der Waals surface area contributed by atoms with Crippen molar-refractivity contribution in [2.24, 2.45) is 0 Å². The molecule has 0 aromatic rings. The lowest BCUT2D eigenvalue weighted by molar-refractivity contribution is 0.172. The molecule has 5 heteroatoms. The maximum atomic E-state index is 11.2. The molecule has 0 aliphatic heterocycles. The molecule has 0 rings (SSSR count). The van der Waals surface area contributed by atoms with Crippen LogP contribution in [0.4, 0.5) is 0 Å². The van der Waals surface area contributed by atoms with Crippen molar-refractivity contribution in [1.82, 2.24) is 5.32 Å². The largest absolute Gasteiger partial charge is 0.394 e. The van der Waals surface area contributed by atoms with Crippen molar-refractivity contribution in [3.8, 4) is 0 Å². The fourth-order valence-electron chi connectivity index (χ4n) is 0.945. The predicted molar refractivity (Wildman–Crippen MR) is 58.1 cm³/mol. The fourth-order valence-corrected chi connectivity index (χ4v) is 1.65. The second-order valence-corrected chi connectivity index (χ2v) is 6.21. The summed E-state index contributed by atoms with van der Waals surface area (Å²) in [5.74, 6) is 0.315. The molecule has 1 atom stereocenters. The van der Waals surface area contributed by atoms with Crippen LogP contribution < -0.4 is 5.32 Å². The third-order valence-electron chi connectivity index (χ3n) is 2.53. The van der Waals surface area contributed by atoms with Crippen LogP contribution in [0.2, 0.25) is 0 Å². The van der Waals surface area contributed by atoms with Gasteiger partial charge in [-0.3, -0.25) is 0 Å².